The summed E-state index contributed by atoms with van der Waals surface area (Å²) in [7, 11) is 2.81. The highest BCUT2D eigenvalue weighted by Crippen LogP contribution is 2.41. The van der Waals surface area contributed by atoms with Gasteiger partial charge in [0.15, 0.2) is 0 Å². The molecule has 0 saturated heterocycles. The summed E-state index contributed by atoms with van der Waals surface area (Å²) in [6.07, 6.45) is 32.4. The summed E-state index contributed by atoms with van der Waals surface area (Å²) in [5, 5.41) is 55.4. The van der Waals surface area contributed by atoms with Crippen LogP contribution in [0.3, 0.4) is 0 Å². The van der Waals surface area contributed by atoms with Crippen molar-refractivity contribution in [2.24, 2.45) is 0 Å². The van der Waals surface area contributed by atoms with Gasteiger partial charge < -0.3 is 76.6 Å². The van der Waals surface area contributed by atoms with Crippen molar-refractivity contribution in [2.45, 2.75) is 223 Å². The number of aliphatic hydroxyl groups excluding tert-OH is 2. The van der Waals surface area contributed by atoms with E-state index in [1.54, 1.807) is 44.3 Å². The van der Waals surface area contributed by atoms with Crippen molar-refractivity contribution in [1.29, 1.82) is 11.1 Å². The Morgan fingerprint density at radius 3 is 1.19 bits per heavy atom. The number of hydrogen-bond acceptors (Lipinski definition) is 25. The molecule has 10 aliphatic rings. The molecule has 10 heterocycles. The van der Waals surface area contributed by atoms with Gasteiger partial charge >= 0.3 is 46.0 Å². The number of allylic oxidation sites excluding steroid dienone is 1. The van der Waals surface area contributed by atoms with E-state index in [1.807, 2.05) is 43.4 Å². The molecule has 0 bridgehead atoms. The third kappa shape index (κ3) is 20.9. The quantitative estimate of drug-likeness (QED) is 0.0300. The molecule has 5 aliphatic heterocycles. The average molecular weight is 1460 g/mol. The molecule has 0 amide bonds. The van der Waals surface area contributed by atoms with Gasteiger partial charge in [0.25, 0.3) is 0 Å². The summed E-state index contributed by atoms with van der Waals surface area (Å²) < 4.78 is 55.5. The van der Waals surface area contributed by atoms with Crippen molar-refractivity contribution in [3.63, 3.8) is 0 Å². The second-order valence-corrected chi connectivity index (χ2v) is 26.7. The van der Waals surface area contributed by atoms with Crippen LogP contribution in [0.4, 0.5) is 0 Å². The molecular weight excluding hydrogens is 1370 g/mol. The maximum atomic E-state index is 12.2. The highest BCUT2D eigenvalue weighted by molar-refractivity contribution is 5.70. The van der Waals surface area contributed by atoms with Gasteiger partial charge in [0.2, 0.25) is 0 Å². The van der Waals surface area contributed by atoms with Crippen LogP contribution < -0.4 is 57.1 Å². The summed E-state index contributed by atoms with van der Waals surface area (Å²) in [6.45, 7) is 3.55. The fraction of sp³-hybridized carbons (Fsp3) is 0.481. The lowest BCUT2D eigenvalue weighted by Crippen LogP contribution is -2.28. The smallest absolute Gasteiger partial charge is 0.347 e. The minimum atomic E-state index is -1.36. The Kier molecular flexibility index (Phi) is 28.4. The molecule has 9 N–H and O–H groups in total. The first-order valence-corrected chi connectivity index (χ1v) is 35.6. The number of hydrogen-bond donors (Lipinski definition) is 9. The molecule has 5 aromatic heterocycles. The van der Waals surface area contributed by atoms with Crippen molar-refractivity contribution >= 4 is 54.4 Å². The number of aliphatic carboxylic acids is 3. The number of carbonyl (C=O) groups is 3. The summed E-state index contributed by atoms with van der Waals surface area (Å²) >= 11 is 0. The zero-order valence-corrected chi connectivity index (χ0v) is 59.2. The van der Waals surface area contributed by atoms with Crippen LogP contribution in [0.15, 0.2) is 110 Å². The van der Waals surface area contributed by atoms with E-state index in [1.165, 1.54) is 43.6 Å². The van der Waals surface area contributed by atoms with Gasteiger partial charge in [0, 0.05) is 43.2 Å². The Morgan fingerprint density at radius 2 is 0.829 bits per heavy atom. The highest BCUT2D eigenvalue weighted by Gasteiger charge is 2.34. The Bertz CT molecular complexity index is 4450. The minimum absolute atomic E-state index is 0.0301. The van der Waals surface area contributed by atoms with Gasteiger partial charge in [0.05, 0.1) is 38.5 Å². The Morgan fingerprint density at radius 1 is 0.495 bits per heavy atom. The number of carboxylic acids is 3. The number of carboxylic acid groups (broad SMARTS) is 3. The van der Waals surface area contributed by atoms with Crippen molar-refractivity contribution < 1.29 is 95.8 Å². The van der Waals surface area contributed by atoms with E-state index in [2.05, 4.69) is 10.2 Å². The second kappa shape index (κ2) is 37.6. The Balaban J connectivity index is 0.000000150. The maximum absolute atomic E-state index is 12.2. The summed E-state index contributed by atoms with van der Waals surface area (Å²) in [5.74, 6) is 1.21. The molecule has 105 heavy (non-hydrogen) atoms. The molecule has 0 aromatic carbocycles. The van der Waals surface area contributed by atoms with E-state index in [0.29, 0.717) is 86.0 Å². The van der Waals surface area contributed by atoms with E-state index in [9.17, 15) is 48.6 Å². The van der Waals surface area contributed by atoms with Gasteiger partial charge in [0.1, 0.15) is 122 Å². The van der Waals surface area contributed by atoms with E-state index in [4.69, 9.17) is 77.4 Å². The predicted molar refractivity (Wildman–Crippen MR) is 382 cm³/mol. The van der Waals surface area contributed by atoms with Crippen LogP contribution in [0, 0.1) is 11.1 Å². The van der Waals surface area contributed by atoms with Crippen LogP contribution in [0.5, 0.6) is 28.7 Å². The SMILES string of the molecule is C/C=C/c1cc2c(c(=O)o1)C=C1CCCCC1O2.CC(O)Cc1cc2c(c(=O)o1)C=C1CCCCC1O2.CNC(CC(=O)O)c1cc2c(c(=O)o1)C=C1CCCCC1O2.COO.N=N.O=C(O)CC(O)c1cc2c(c(=O)o1)C=C1CCCCC1O2.O=C(O)CCc1cc2c(c(=O)o1)C=C1CCCCC1O2. The van der Waals surface area contributed by atoms with Crippen LogP contribution in [-0.2, 0) is 32.1 Å². The fourth-order valence-electron chi connectivity index (χ4n) is 14.0. The molecule has 0 spiro atoms. The topological polar surface area (TPSA) is 439 Å². The first-order chi connectivity index (χ1) is 50.6. The standard InChI is InChI=1S/C16H19NO5.C15H16O6.C15H16O5.C15H18O4.C15H16O3.CH4O2.H2N2/c1-17-11(7-15(18)19)14-8-13-10(16(20)22-14)6-9-4-2-3-5-12(9)21-13;16-10(6-14(17)18)13-7-12-9(15(19)21-13)5-8-3-1-2-4-11(8)20-12;16-14(17)6-5-10-8-13-11(15(18)19-10)7-9-3-1-2-4-12(9)20-13;1-9(16)6-11-8-14-12(15(17)18-11)7-10-4-2-3-5-13(10)19-14;1-2-5-11-9-14-12(15(16)17-11)8-10-6-3-4-7-13(10)18-14;1-3-2;1-2/h6,8,11-12,17H,2-5,7H2,1H3,(H,18,19);5,7,10-11,16H,1-4,6H2,(H,17,18);7-8,12H,1-6H2,(H,16,17);7-9,13,16H,2-6H2,1H3;2,5,8-9,13H,3-4,6-7H2,1H3;2H,1H3;1-2H/b;;;;5-2+;;. The number of nitrogens with one attached hydrogen (secondary N) is 3. The molecule has 564 valence electrons. The zero-order chi connectivity index (χ0) is 75.4. The van der Waals surface area contributed by atoms with Crippen LogP contribution in [-0.4, -0.2) is 99.5 Å². The normalized spacial score (nSPS) is 20.8. The Hall–Kier alpha value is -10.0. The maximum Gasteiger partial charge on any atom is 0.347 e. The van der Waals surface area contributed by atoms with Gasteiger partial charge in [-0.1, -0.05) is 6.08 Å². The largest absolute Gasteiger partial charge is 0.485 e. The predicted octanol–water partition coefficient (Wildman–Crippen LogP) is 12.7. The second-order valence-electron chi connectivity index (χ2n) is 26.7. The summed E-state index contributed by atoms with van der Waals surface area (Å²) in [5.41, 5.74) is 15.9. The van der Waals surface area contributed by atoms with Crippen LogP contribution in [0.2, 0.25) is 0 Å². The molecule has 5 aliphatic carbocycles. The van der Waals surface area contributed by atoms with Crippen molar-refractivity contribution in [3.05, 3.63) is 173 Å². The third-order valence-corrected chi connectivity index (χ3v) is 19.1. The van der Waals surface area contributed by atoms with Crippen molar-refractivity contribution in [2.75, 3.05) is 14.2 Å². The fourth-order valence-corrected chi connectivity index (χ4v) is 14.0. The number of aliphatic hydroxyl groups is 2. The lowest BCUT2D eigenvalue weighted by Gasteiger charge is -2.30. The number of rotatable bonds is 13. The van der Waals surface area contributed by atoms with Crippen LogP contribution in [0.25, 0.3) is 36.5 Å². The van der Waals surface area contributed by atoms with E-state index >= 15 is 0 Å². The zero-order valence-electron chi connectivity index (χ0n) is 59.2. The number of aryl methyl sites for hydroxylation is 1. The first kappa shape index (κ1) is 79.1. The van der Waals surface area contributed by atoms with E-state index < -0.39 is 59.5 Å². The summed E-state index contributed by atoms with van der Waals surface area (Å²) in [6, 6.07) is 7.70. The molecule has 15 rings (SSSR count). The molecule has 8 unspecified atom stereocenters. The lowest BCUT2D eigenvalue weighted by molar-refractivity contribution is -0.214. The van der Waals surface area contributed by atoms with E-state index in [-0.39, 0.29) is 66.8 Å². The van der Waals surface area contributed by atoms with Crippen molar-refractivity contribution in [1.82, 2.24) is 5.32 Å². The van der Waals surface area contributed by atoms with Gasteiger partial charge in [-0.15, -0.1) is 0 Å². The van der Waals surface area contributed by atoms with Gasteiger partial charge in [-0.2, -0.15) is 0 Å². The lowest BCUT2D eigenvalue weighted by atomic mass is 9.89. The van der Waals surface area contributed by atoms with Gasteiger partial charge in [-0.25, -0.2) is 39.9 Å². The first-order valence-electron chi connectivity index (χ1n) is 35.6. The molecule has 8 atom stereocenters. The molecule has 5 aromatic rings. The molecule has 28 nitrogen and oxygen atoms in total. The van der Waals surface area contributed by atoms with Crippen LogP contribution >= 0.6 is 0 Å². The van der Waals surface area contributed by atoms with Gasteiger partial charge in [-0.05, 0) is 214 Å². The van der Waals surface area contributed by atoms with Crippen molar-refractivity contribution in [3.8, 4) is 28.7 Å². The third-order valence-electron chi connectivity index (χ3n) is 19.1. The molecule has 5 saturated carbocycles. The Labute approximate surface area is 603 Å². The van der Waals surface area contributed by atoms with Crippen LogP contribution in [0.1, 0.15) is 230 Å². The summed E-state index contributed by atoms with van der Waals surface area (Å²) in [4.78, 5) is 95.4. The van der Waals surface area contributed by atoms with Gasteiger partial charge in [-0.3, -0.25) is 19.6 Å². The number of ether oxygens (including phenoxy) is 5. The number of fused-ring (bicyclic) bond motifs is 10. The minimum Gasteiger partial charge on any atom is -0.485 e. The highest BCUT2D eigenvalue weighted by atomic mass is 17.1. The van der Waals surface area contributed by atoms with E-state index in [0.717, 1.165) is 126 Å². The average Bonchev–Trinajstić information content (AvgIpc) is 0.803. The molecular formula is C77H91N3O25. The molecule has 28 heteroatoms. The molecule has 0 radical (unpaired) electrons. The monoisotopic (exact) mass is 1460 g/mol. The molecule has 5 fully saturated rings.